The van der Waals surface area contributed by atoms with E-state index in [0.29, 0.717) is 5.92 Å². The molecule has 0 aliphatic heterocycles. The fourth-order valence-corrected chi connectivity index (χ4v) is 2.09. The van der Waals surface area contributed by atoms with E-state index in [-0.39, 0.29) is 17.1 Å². The molecule has 58 valence electrons. The first-order chi connectivity index (χ1) is 5.30. The van der Waals surface area contributed by atoms with E-state index in [1.807, 2.05) is 24.3 Å². The van der Waals surface area contributed by atoms with Crippen molar-refractivity contribution in [3.63, 3.8) is 0 Å². The van der Waals surface area contributed by atoms with Gasteiger partial charge >= 0.3 is 0 Å². The van der Waals surface area contributed by atoms with Crippen LogP contribution < -0.4 is 0 Å². The van der Waals surface area contributed by atoms with Crippen molar-refractivity contribution in [1.82, 2.24) is 0 Å². The monoisotopic (exact) mass is 168 g/mol. The summed E-state index contributed by atoms with van der Waals surface area (Å²) in [7, 11) is 0. The number of Topliss-reactive ketones (excluding diaryl/α,β-unsaturated/α-hetero) is 1. The highest BCUT2D eigenvalue weighted by Gasteiger charge is 2.46. The normalized spacial score (nSPS) is 41.2. The van der Waals surface area contributed by atoms with Crippen molar-refractivity contribution in [2.75, 3.05) is 0 Å². The maximum Gasteiger partial charge on any atom is 0.155 e. The molecule has 0 aromatic heterocycles. The standard InChI is InChI=1S/C9H9ClO/c10-8-6-4-2-1-3-5-7(6)9(8)11/h1-4,6-8H,5H2/t6-,7+,8?/m0/s1. The van der Waals surface area contributed by atoms with Crippen molar-refractivity contribution in [1.29, 1.82) is 0 Å². The van der Waals surface area contributed by atoms with Crippen LogP contribution in [0.1, 0.15) is 6.42 Å². The Labute approximate surface area is 70.7 Å². The van der Waals surface area contributed by atoms with Gasteiger partial charge in [0.2, 0.25) is 0 Å². The molecule has 1 nitrogen and oxygen atoms in total. The van der Waals surface area contributed by atoms with Crippen molar-refractivity contribution in [2.24, 2.45) is 11.8 Å². The molecular formula is C9H9ClO. The third-order valence-electron chi connectivity index (χ3n) is 2.41. The maximum absolute atomic E-state index is 11.1. The minimum atomic E-state index is -0.254. The van der Waals surface area contributed by atoms with Gasteiger partial charge in [-0.25, -0.2) is 0 Å². The first-order valence-corrected chi connectivity index (χ1v) is 4.25. The van der Waals surface area contributed by atoms with E-state index < -0.39 is 0 Å². The van der Waals surface area contributed by atoms with Gasteiger partial charge < -0.3 is 0 Å². The Morgan fingerprint density at radius 2 is 2.27 bits per heavy atom. The lowest BCUT2D eigenvalue weighted by atomic mass is 9.70. The summed E-state index contributed by atoms with van der Waals surface area (Å²) in [6.07, 6.45) is 8.89. The van der Waals surface area contributed by atoms with Crippen molar-refractivity contribution in [3.05, 3.63) is 24.3 Å². The van der Waals surface area contributed by atoms with E-state index in [4.69, 9.17) is 11.6 Å². The molecule has 3 atom stereocenters. The van der Waals surface area contributed by atoms with Crippen LogP contribution in [-0.2, 0) is 4.79 Å². The Hall–Kier alpha value is -0.560. The summed E-state index contributed by atoms with van der Waals surface area (Å²) in [5, 5.41) is -0.254. The van der Waals surface area contributed by atoms with Gasteiger partial charge in [-0.05, 0) is 6.42 Å². The van der Waals surface area contributed by atoms with Crippen LogP contribution >= 0.6 is 11.6 Å². The van der Waals surface area contributed by atoms with Crippen LogP contribution in [0.2, 0.25) is 0 Å². The van der Waals surface area contributed by atoms with Gasteiger partial charge in [-0.1, -0.05) is 24.3 Å². The lowest BCUT2D eigenvalue weighted by Crippen LogP contribution is -2.47. The second-order valence-corrected chi connectivity index (χ2v) is 3.51. The zero-order valence-corrected chi connectivity index (χ0v) is 6.79. The minimum Gasteiger partial charge on any atom is -0.298 e. The number of rotatable bonds is 0. The second kappa shape index (κ2) is 2.49. The van der Waals surface area contributed by atoms with Gasteiger partial charge in [0, 0.05) is 11.8 Å². The fraction of sp³-hybridized carbons (Fsp3) is 0.444. The fourth-order valence-electron chi connectivity index (χ4n) is 1.67. The molecule has 0 bridgehead atoms. The van der Waals surface area contributed by atoms with Gasteiger partial charge in [0.05, 0.1) is 5.38 Å². The smallest absolute Gasteiger partial charge is 0.155 e. The number of carbonyl (C=O) groups excluding carboxylic acids is 1. The Bertz CT molecular complexity index is 242. The summed E-state index contributed by atoms with van der Waals surface area (Å²) in [6.45, 7) is 0. The zero-order chi connectivity index (χ0) is 7.84. The number of ketones is 1. The summed E-state index contributed by atoms with van der Waals surface area (Å²) in [4.78, 5) is 11.1. The van der Waals surface area contributed by atoms with E-state index in [2.05, 4.69) is 0 Å². The van der Waals surface area contributed by atoms with Gasteiger partial charge in [-0.15, -0.1) is 11.6 Å². The van der Waals surface area contributed by atoms with Crippen LogP contribution in [0.3, 0.4) is 0 Å². The Morgan fingerprint density at radius 1 is 1.45 bits per heavy atom. The predicted octanol–water partition coefficient (Wildman–Crippen LogP) is 1.93. The Morgan fingerprint density at radius 3 is 3.09 bits per heavy atom. The molecule has 1 fully saturated rings. The number of fused-ring (bicyclic) bond motifs is 1. The first-order valence-electron chi connectivity index (χ1n) is 3.82. The number of alkyl halides is 1. The second-order valence-electron chi connectivity index (χ2n) is 3.04. The molecule has 0 aromatic rings. The van der Waals surface area contributed by atoms with E-state index in [1.165, 1.54) is 0 Å². The van der Waals surface area contributed by atoms with Crippen LogP contribution in [0.15, 0.2) is 24.3 Å². The average molecular weight is 169 g/mol. The van der Waals surface area contributed by atoms with Gasteiger partial charge in [0.15, 0.2) is 5.78 Å². The number of carbonyl (C=O) groups is 1. The van der Waals surface area contributed by atoms with Crippen LogP contribution in [0, 0.1) is 11.8 Å². The van der Waals surface area contributed by atoms with Gasteiger partial charge in [-0.3, -0.25) is 4.79 Å². The largest absolute Gasteiger partial charge is 0.298 e. The topological polar surface area (TPSA) is 17.1 Å². The maximum atomic E-state index is 11.1. The number of halogens is 1. The van der Waals surface area contributed by atoms with Crippen LogP contribution in [0.4, 0.5) is 0 Å². The Balaban J connectivity index is 2.20. The van der Waals surface area contributed by atoms with Crippen molar-refractivity contribution >= 4 is 17.4 Å². The first kappa shape index (κ1) is 7.11. The molecule has 0 heterocycles. The molecular weight excluding hydrogens is 160 g/mol. The quantitative estimate of drug-likeness (QED) is 0.505. The van der Waals surface area contributed by atoms with Crippen molar-refractivity contribution in [2.45, 2.75) is 11.8 Å². The number of allylic oxidation sites excluding steroid dienone is 4. The van der Waals surface area contributed by atoms with Crippen LogP contribution in [0.25, 0.3) is 0 Å². The molecule has 2 aliphatic carbocycles. The molecule has 0 aromatic carbocycles. The SMILES string of the molecule is O=C1C(Cl)[C@H]2C=CC=CC[C@@H]12. The summed E-state index contributed by atoms with van der Waals surface area (Å²) < 4.78 is 0. The highest BCUT2D eigenvalue weighted by Crippen LogP contribution is 2.39. The summed E-state index contributed by atoms with van der Waals surface area (Å²) >= 11 is 5.82. The Kier molecular flexibility index (Phi) is 1.61. The number of hydrogen-bond acceptors (Lipinski definition) is 1. The molecule has 0 radical (unpaired) electrons. The van der Waals surface area contributed by atoms with E-state index in [0.717, 1.165) is 6.42 Å². The third-order valence-corrected chi connectivity index (χ3v) is 2.92. The highest BCUT2D eigenvalue weighted by molar-refractivity contribution is 6.34. The zero-order valence-electron chi connectivity index (χ0n) is 6.03. The average Bonchev–Trinajstić information content (AvgIpc) is 2.25. The van der Waals surface area contributed by atoms with Crippen LogP contribution in [-0.4, -0.2) is 11.2 Å². The van der Waals surface area contributed by atoms with Gasteiger partial charge in [0.25, 0.3) is 0 Å². The third kappa shape index (κ3) is 0.951. The molecule has 2 rings (SSSR count). The van der Waals surface area contributed by atoms with E-state index >= 15 is 0 Å². The van der Waals surface area contributed by atoms with E-state index in [9.17, 15) is 4.79 Å². The van der Waals surface area contributed by atoms with Crippen molar-refractivity contribution in [3.8, 4) is 0 Å². The van der Waals surface area contributed by atoms with Crippen molar-refractivity contribution < 1.29 is 4.79 Å². The summed E-state index contributed by atoms with van der Waals surface area (Å²) in [6, 6.07) is 0. The van der Waals surface area contributed by atoms with Gasteiger partial charge in [-0.2, -0.15) is 0 Å². The number of hydrogen-bond donors (Lipinski definition) is 0. The molecule has 0 saturated heterocycles. The molecule has 0 spiro atoms. The molecule has 0 amide bonds. The molecule has 1 saturated carbocycles. The molecule has 1 unspecified atom stereocenters. The minimum absolute atomic E-state index is 0.174. The molecule has 2 heteroatoms. The summed E-state index contributed by atoms with van der Waals surface area (Å²) in [5.41, 5.74) is 0. The van der Waals surface area contributed by atoms with E-state index in [1.54, 1.807) is 0 Å². The molecule has 0 N–H and O–H groups in total. The van der Waals surface area contributed by atoms with Gasteiger partial charge in [0.1, 0.15) is 0 Å². The highest BCUT2D eigenvalue weighted by atomic mass is 35.5. The van der Waals surface area contributed by atoms with Crippen LogP contribution in [0.5, 0.6) is 0 Å². The lowest BCUT2D eigenvalue weighted by Gasteiger charge is -2.36. The lowest BCUT2D eigenvalue weighted by molar-refractivity contribution is -0.131. The summed E-state index contributed by atoms with van der Waals surface area (Å²) in [5.74, 6) is 0.680. The predicted molar refractivity (Wildman–Crippen MR) is 44.5 cm³/mol. The molecule has 2 aliphatic rings. The molecule has 11 heavy (non-hydrogen) atoms.